The lowest BCUT2D eigenvalue weighted by molar-refractivity contribution is 0.231. The van der Waals surface area contributed by atoms with Gasteiger partial charge in [0, 0.05) is 43.8 Å². The van der Waals surface area contributed by atoms with Crippen molar-refractivity contribution in [3.8, 4) is 0 Å². The molecule has 1 aromatic carbocycles. The van der Waals surface area contributed by atoms with Crippen LogP contribution in [0, 0.1) is 0 Å². The van der Waals surface area contributed by atoms with Gasteiger partial charge in [0.25, 0.3) is 5.56 Å². The molecule has 1 aromatic heterocycles. The van der Waals surface area contributed by atoms with E-state index in [1.54, 1.807) is 0 Å². The SMILES string of the molecule is CCc1cc2ccc(CN3CCN(CC)C(=S)C3)cc2[nH]c1=O. The van der Waals surface area contributed by atoms with E-state index in [2.05, 4.69) is 39.9 Å². The molecule has 4 nitrogen and oxygen atoms in total. The Morgan fingerprint density at radius 2 is 2.04 bits per heavy atom. The molecule has 0 unspecified atom stereocenters. The van der Waals surface area contributed by atoms with Crippen LogP contribution in [0.15, 0.2) is 29.1 Å². The van der Waals surface area contributed by atoms with Crippen molar-refractivity contribution in [2.75, 3.05) is 26.2 Å². The molecule has 0 saturated carbocycles. The third-order valence-electron chi connectivity index (χ3n) is 4.55. The summed E-state index contributed by atoms with van der Waals surface area (Å²) in [6, 6.07) is 8.33. The Morgan fingerprint density at radius 3 is 2.74 bits per heavy atom. The predicted molar refractivity (Wildman–Crippen MR) is 99.1 cm³/mol. The molecule has 122 valence electrons. The zero-order chi connectivity index (χ0) is 16.4. The number of nitrogens with zero attached hydrogens (tertiary/aromatic N) is 2. The van der Waals surface area contributed by atoms with Crippen molar-refractivity contribution in [1.29, 1.82) is 0 Å². The summed E-state index contributed by atoms with van der Waals surface area (Å²) in [5, 5.41) is 1.09. The molecule has 1 saturated heterocycles. The standard InChI is InChI=1S/C18H23N3OS/c1-3-14-10-15-6-5-13(9-16(15)19-18(14)22)11-20-7-8-21(4-2)17(23)12-20/h5-6,9-10H,3-4,7-8,11-12H2,1-2H3,(H,19,22). The third-order valence-corrected chi connectivity index (χ3v) is 4.94. The van der Waals surface area contributed by atoms with E-state index in [9.17, 15) is 4.79 Å². The molecule has 2 heterocycles. The summed E-state index contributed by atoms with van der Waals surface area (Å²) >= 11 is 5.48. The Bertz CT molecular complexity index is 783. The number of nitrogens with one attached hydrogen (secondary N) is 1. The second-order valence-electron chi connectivity index (χ2n) is 6.08. The second-order valence-corrected chi connectivity index (χ2v) is 6.55. The summed E-state index contributed by atoms with van der Waals surface area (Å²) in [4.78, 5) is 20.7. The number of piperazine rings is 1. The maximum atomic E-state index is 12.0. The summed E-state index contributed by atoms with van der Waals surface area (Å²) in [7, 11) is 0. The lowest BCUT2D eigenvalue weighted by Gasteiger charge is -2.35. The van der Waals surface area contributed by atoms with Gasteiger partial charge in [-0.1, -0.05) is 31.3 Å². The molecule has 23 heavy (non-hydrogen) atoms. The van der Waals surface area contributed by atoms with E-state index in [0.717, 1.165) is 60.6 Å². The topological polar surface area (TPSA) is 39.3 Å². The van der Waals surface area contributed by atoms with Crippen molar-refractivity contribution in [3.63, 3.8) is 0 Å². The van der Waals surface area contributed by atoms with E-state index in [1.165, 1.54) is 5.56 Å². The third kappa shape index (κ3) is 3.46. The van der Waals surface area contributed by atoms with Gasteiger partial charge in [0.15, 0.2) is 0 Å². The Hall–Kier alpha value is -1.72. The van der Waals surface area contributed by atoms with Crippen LogP contribution >= 0.6 is 12.2 Å². The number of aryl methyl sites for hydroxylation is 1. The highest BCUT2D eigenvalue weighted by atomic mass is 32.1. The summed E-state index contributed by atoms with van der Waals surface area (Å²) in [5.74, 6) is 0. The predicted octanol–water partition coefficient (Wildman–Crippen LogP) is 2.56. The number of H-pyrrole nitrogens is 1. The summed E-state index contributed by atoms with van der Waals surface area (Å²) in [5.41, 5.74) is 2.99. The van der Waals surface area contributed by atoms with Gasteiger partial charge in [0.1, 0.15) is 0 Å². The van der Waals surface area contributed by atoms with Crippen LogP contribution in [0.2, 0.25) is 0 Å². The van der Waals surface area contributed by atoms with Gasteiger partial charge in [-0.2, -0.15) is 0 Å². The monoisotopic (exact) mass is 329 g/mol. The number of benzene rings is 1. The van der Waals surface area contributed by atoms with Crippen molar-refractivity contribution in [1.82, 2.24) is 14.8 Å². The lowest BCUT2D eigenvalue weighted by atomic mass is 10.1. The smallest absolute Gasteiger partial charge is 0.251 e. The molecule has 0 aliphatic carbocycles. The number of fused-ring (bicyclic) bond motifs is 1. The zero-order valence-electron chi connectivity index (χ0n) is 13.8. The van der Waals surface area contributed by atoms with Gasteiger partial charge in [-0.15, -0.1) is 0 Å². The molecular formula is C18H23N3OS. The fraction of sp³-hybridized carbons (Fsp3) is 0.444. The first-order valence-electron chi connectivity index (χ1n) is 8.25. The Kier molecular flexibility index (Phi) is 4.78. The number of aromatic amines is 1. The van der Waals surface area contributed by atoms with Crippen LogP contribution in [-0.4, -0.2) is 46.0 Å². The van der Waals surface area contributed by atoms with Crippen LogP contribution in [0.5, 0.6) is 0 Å². The Labute approximate surface area is 142 Å². The van der Waals surface area contributed by atoms with Crippen molar-refractivity contribution in [2.24, 2.45) is 0 Å². The van der Waals surface area contributed by atoms with E-state index in [-0.39, 0.29) is 5.56 Å². The van der Waals surface area contributed by atoms with Crippen LogP contribution in [-0.2, 0) is 13.0 Å². The molecule has 5 heteroatoms. The van der Waals surface area contributed by atoms with Gasteiger partial charge in [-0.05, 0) is 36.4 Å². The maximum Gasteiger partial charge on any atom is 0.251 e. The number of rotatable bonds is 4. The molecule has 1 N–H and O–H groups in total. The average Bonchev–Trinajstić information content (AvgIpc) is 2.54. The largest absolute Gasteiger partial charge is 0.364 e. The summed E-state index contributed by atoms with van der Waals surface area (Å²) in [6.07, 6.45) is 0.756. The average molecular weight is 329 g/mol. The lowest BCUT2D eigenvalue weighted by Crippen LogP contribution is -2.48. The summed E-state index contributed by atoms with van der Waals surface area (Å²) in [6.45, 7) is 8.87. The number of likely N-dealkylation sites (N-methyl/N-ethyl adjacent to an activating group) is 1. The number of pyridine rings is 1. The van der Waals surface area contributed by atoms with E-state index < -0.39 is 0 Å². The highest BCUT2D eigenvalue weighted by Crippen LogP contribution is 2.16. The summed E-state index contributed by atoms with van der Waals surface area (Å²) < 4.78 is 0. The molecule has 2 aromatic rings. The van der Waals surface area contributed by atoms with Gasteiger partial charge < -0.3 is 9.88 Å². The van der Waals surface area contributed by atoms with E-state index >= 15 is 0 Å². The van der Waals surface area contributed by atoms with E-state index in [1.807, 2.05) is 13.0 Å². The molecule has 1 aliphatic rings. The highest BCUT2D eigenvalue weighted by Gasteiger charge is 2.19. The van der Waals surface area contributed by atoms with Gasteiger partial charge >= 0.3 is 0 Å². The molecule has 0 bridgehead atoms. The molecular weight excluding hydrogens is 306 g/mol. The number of hydrogen-bond acceptors (Lipinski definition) is 3. The first-order valence-corrected chi connectivity index (χ1v) is 8.66. The van der Waals surface area contributed by atoms with Gasteiger partial charge in [0.2, 0.25) is 0 Å². The molecule has 1 fully saturated rings. The normalized spacial score (nSPS) is 16.3. The van der Waals surface area contributed by atoms with Crippen molar-refractivity contribution in [3.05, 3.63) is 45.7 Å². The van der Waals surface area contributed by atoms with Crippen molar-refractivity contribution in [2.45, 2.75) is 26.8 Å². The van der Waals surface area contributed by atoms with Gasteiger partial charge in [0.05, 0.1) is 4.99 Å². The van der Waals surface area contributed by atoms with Gasteiger partial charge in [-0.3, -0.25) is 9.69 Å². The minimum atomic E-state index is 0.0230. The van der Waals surface area contributed by atoms with Crippen molar-refractivity contribution >= 4 is 28.1 Å². The Balaban J connectivity index is 1.79. The van der Waals surface area contributed by atoms with Crippen LogP contribution in [0.3, 0.4) is 0 Å². The quantitative estimate of drug-likeness (QED) is 0.875. The zero-order valence-corrected chi connectivity index (χ0v) is 14.6. The number of hydrogen-bond donors (Lipinski definition) is 1. The molecule has 0 amide bonds. The first kappa shape index (κ1) is 16.1. The fourth-order valence-electron chi connectivity index (χ4n) is 3.14. The molecule has 0 radical (unpaired) electrons. The number of thiocarbonyl (C=S) groups is 1. The first-order chi connectivity index (χ1) is 11.1. The number of aromatic nitrogens is 1. The van der Waals surface area contributed by atoms with Crippen LogP contribution in [0.1, 0.15) is 25.0 Å². The highest BCUT2D eigenvalue weighted by molar-refractivity contribution is 7.80. The molecule has 0 atom stereocenters. The maximum absolute atomic E-state index is 12.0. The minimum Gasteiger partial charge on any atom is -0.364 e. The molecule has 3 rings (SSSR count). The second kappa shape index (κ2) is 6.81. The molecule has 0 spiro atoms. The van der Waals surface area contributed by atoms with Crippen molar-refractivity contribution < 1.29 is 0 Å². The van der Waals surface area contributed by atoms with Gasteiger partial charge in [-0.25, -0.2) is 0 Å². The fourth-order valence-corrected chi connectivity index (χ4v) is 3.54. The van der Waals surface area contributed by atoms with Crippen LogP contribution < -0.4 is 5.56 Å². The van der Waals surface area contributed by atoms with Crippen LogP contribution in [0.4, 0.5) is 0 Å². The molecule has 1 aliphatic heterocycles. The van der Waals surface area contributed by atoms with E-state index in [0.29, 0.717) is 0 Å². The minimum absolute atomic E-state index is 0.0230. The van der Waals surface area contributed by atoms with E-state index in [4.69, 9.17) is 12.2 Å². The van der Waals surface area contributed by atoms with Crippen LogP contribution in [0.25, 0.3) is 10.9 Å². The Morgan fingerprint density at radius 1 is 1.22 bits per heavy atom.